The number of hydrogen-bond donors (Lipinski definition) is 0. The van der Waals surface area contributed by atoms with Crippen LogP contribution in [-0.4, -0.2) is 16.6 Å². The van der Waals surface area contributed by atoms with E-state index in [1.165, 1.54) is 11.3 Å². The Labute approximate surface area is 91.9 Å². The van der Waals surface area contributed by atoms with Gasteiger partial charge in [-0.2, -0.15) is 0 Å². The first-order valence-electron chi connectivity index (χ1n) is 5.69. The van der Waals surface area contributed by atoms with E-state index < -0.39 is 0 Å². The number of hydrogen-bond acceptors (Lipinski definition) is 3. The Morgan fingerprint density at radius 3 is 2.67 bits per heavy atom. The van der Waals surface area contributed by atoms with Crippen molar-refractivity contribution in [3.05, 3.63) is 23.3 Å². The Morgan fingerprint density at radius 2 is 2.00 bits per heavy atom. The van der Waals surface area contributed by atoms with Crippen LogP contribution in [0.1, 0.15) is 50.6 Å². The van der Waals surface area contributed by atoms with Gasteiger partial charge in [-0.05, 0) is 12.3 Å². The van der Waals surface area contributed by atoms with Gasteiger partial charge in [0.2, 0.25) is 0 Å². The van der Waals surface area contributed by atoms with Crippen LogP contribution in [0.15, 0.2) is 6.33 Å². The maximum Gasteiger partial charge on any atom is 0.116 e. The molecule has 0 saturated carbocycles. The van der Waals surface area contributed by atoms with Crippen LogP contribution in [0, 0.1) is 0 Å². The first kappa shape index (κ1) is 12.1. The van der Waals surface area contributed by atoms with E-state index in [9.17, 15) is 0 Å². The average Bonchev–Trinajstić information content (AvgIpc) is 2.31. The Balaban J connectivity index is 0.000000531. The molecule has 0 N–H and O–H groups in total. The lowest BCUT2D eigenvalue weighted by atomic mass is 9.99. The summed E-state index contributed by atoms with van der Waals surface area (Å²) in [6, 6.07) is 0. The molecule has 3 heteroatoms. The predicted molar refractivity (Wildman–Crippen MR) is 60.8 cm³/mol. The maximum absolute atomic E-state index is 5.34. The van der Waals surface area contributed by atoms with E-state index in [2.05, 4.69) is 23.8 Å². The van der Waals surface area contributed by atoms with Crippen LogP contribution in [0.5, 0.6) is 0 Å². The van der Waals surface area contributed by atoms with Gasteiger partial charge in [-0.25, -0.2) is 9.97 Å². The Bertz CT molecular complexity index is 310. The third-order valence-electron chi connectivity index (χ3n) is 2.35. The van der Waals surface area contributed by atoms with Crippen molar-refractivity contribution in [3.8, 4) is 0 Å². The zero-order valence-corrected chi connectivity index (χ0v) is 10.1. The Hall–Kier alpha value is -0.960. The number of aromatic nitrogens is 2. The van der Waals surface area contributed by atoms with Crippen LogP contribution in [0.4, 0.5) is 0 Å². The van der Waals surface area contributed by atoms with Gasteiger partial charge in [0.25, 0.3) is 0 Å². The molecule has 0 aromatic carbocycles. The Kier molecular flexibility index (Phi) is 4.69. The lowest BCUT2D eigenvalue weighted by Crippen LogP contribution is -2.15. The molecule has 0 unspecified atom stereocenters. The molecular formula is C12H20N2O. The minimum absolute atomic E-state index is 0.481. The summed E-state index contributed by atoms with van der Waals surface area (Å²) in [6.07, 6.45) is 2.60. The van der Waals surface area contributed by atoms with Crippen molar-refractivity contribution in [2.24, 2.45) is 0 Å². The minimum atomic E-state index is 0.481. The van der Waals surface area contributed by atoms with Crippen molar-refractivity contribution in [3.63, 3.8) is 0 Å². The molecule has 2 rings (SSSR count). The van der Waals surface area contributed by atoms with Gasteiger partial charge in [0, 0.05) is 11.3 Å². The highest BCUT2D eigenvalue weighted by molar-refractivity contribution is 5.27. The van der Waals surface area contributed by atoms with Gasteiger partial charge in [-0.15, -0.1) is 0 Å². The summed E-state index contributed by atoms with van der Waals surface area (Å²) in [4.78, 5) is 8.55. The predicted octanol–water partition coefficient (Wildman–Crippen LogP) is 2.70. The largest absolute Gasteiger partial charge is 0.375 e. The first-order valence-corrected chi connectivity index (χ1v) is 5.69. The molecule has 15 heavy (non-hydrogen) atoms. The molecule has 0 fully saturated rings. The molecule has 2 heterocycles. The number of fused-ring (bicyclic) bond motifs is 1. The number of ether oxygens (including phenoxy) is 1. The molecule has 1 aromatic heterocycles. The van der Waals surface area contributed by atoms with E-state index >= 15 is 0 Å². The van der Waals surface area contributed by atoms with E-state index in [0.29, 0.717) is 12.5 Å². The summed E-state index contributed by atoms with van der Waals surface area (Å²) in [5, 5.41) is 0. The second kappa shape index (κ2) is 5.81. The number of rotatable bonds is 1. The highest BCUT2D eigenvalue weighted by Gasteiger charge is 2.16. The molecule has 1 aromatic rings. The van der Waals surface area contributed by atoms with Crippen molar-refractivity contribution < 1.29 is 4.74 Å². The zero-order valence-electron chi connectivity index (χ0n) is 10.1. The fourth-order valence-electron chi connectivity index (χ4n) is 1.70. The summed E-state index contributed by atoms with van der Waals surface area (Å²) in [6.45, 7) is 9.79. The molecule has 0 radical (unpaired) electrons. The standard InChI is InChI=1S/C10H14N2O.C2H6/c1-7(2)10-8-3-4-13-5-9(8)11-6-12-10;1-2/h6-7H,3-5H2,1-2H3;1-2H3. The summed E-state index contributed by atoms with van der Waals surface area (Å²) in [5.41, 5.74) is 3.57. The fourth-order valence-corrected chi connectivity index (χ4v) is 1.70. The summed E-state index contributed by atoms with van der Waals surface area (Å²) < 4.78 is 5.34. The molecule has 3 nitrogen and oxygen atoms in total. The maximum atomic E-state index is 5.34. The first-order chi connectivity index (χ1) is 7.29. The normalized spacial score (nSPS) is 14.2. The average molecular weight is 208 g/mol. The quantitative estimate of drug-likeness (QED) is 0.711. The van der Waals surface area contributed by atoms with Crippen LogP contribution in [0.3, 0.4) is 0 Å². The van der Waals surface area contributed by atoms with Crippen LogP contribution in [0.25, 0.3) is 0 Å². The smallest absolute Gasteiger partial charge is 0.116 e. The van der Waals surface area contributed by atoms with Crippen molar-refractivity contribution >= 4 is 0 Å². The van der Waals surface area contributed by atoms with Gasteiger partial charge in [0.05, 0.1) is 18.9 Å². The van der Waals surface area contributed by atoms with Crippen molar-refractivity contribution in [2.75, 3.05) is 6.61 Å². The monoisotopic (exact) mass is 208 g/mol. The van der Waals surface area contributed by atoms with Gasteiger partial charge < -0.3 is 4.74 Å². The van der Waals surface area contributed by atoms with E-state index in [1.54, 1.807) is 6.33 Å². The summed E-state index contributed by atoms with van der Waals surface area (Å²) >= 11 is 0. The van der Waals surface area contributed by atoms with Gasteiger partial charge in [0.15, 0.2) is 0 Å². The van der Waals surface area contributed by atoms with Crippen LogP contribution < -0.4 is 0 Å². The van der Waals surface area contributed by atoms with Crippen LogP contribution in [0.2, 0.25) is 0 Å². The lowest BCUT2D eigenvalue weighted by Gasteiger charge is -2.19. The molecule has 1 aliphatic rings. The molecule has 0 amide bonds. The third kappa shape index (κ3) is 2.75. The molecule has 0 atom stereocenters. The summed E-state index contributed by atoms with van der Waals surface area (Å²) in [5.74, 6) is 0.481. The van der Waals surface area contributed by atoms with Gasteiger partial charge in [0.1, 0.15) is 6.33 Å². The Morgan fingerprint density at radius 1 is 1.27 bits per heavy atom. The fraction of sp³-hybridized carbons (Fsp3) is 0.667. The lowest BCUT2D eigenvalue weighted by molar-refractivity contribution is 0.106. The molecule has 0 bridgehead atoms. The third-order valence-corrected chi connectivity index (χ3v) is 2.35. The van der Waals surface area contributed by atoms with Crippen LogP contribution >= 0.6 is 0 Å². The highest BCUT2D eigenvalue weighted by atomic mass is 16.5. The molecule has 0 aliphatic carbocycles. The van der Waals surface area contributed by atoms with Crippen molar-refractivity contribution in [1.82, 2.24) is 9.97 Å². The topological polar surface area (TPSA) is 35.0 Å². The highest BCUT2D eigenvalue weighted by Crippen LogP contribution is 2.22. The van der Waals surface area contributed by atoms with E-state index in [4.69, 9.17) is 4.74 Å². The van der Waals surface area contributed by atoms with Gasteiger partial charge >= 0.3 is 0 Å². The number of nitrogens with zero attached hydrogens (tertiary/aromatic N) is 2. The van der Waals surface area contributed by atoms with E-state index in [-0.39, 0.29) is 0 Å². The minimum Gasteiger partial charge on any atom is -0.375 e. The second-order valence-electron chi connectivity index (χ2n) is 3.64. The van der Waals surface area contributed by atoms with E-state index in [1.807, 2.05) is 13.8 Å². The molecule has 0 saturated heterocycles. The van der Waals surface area contributed by atoms with Gasteiger partial charge in [-0.3, -0.25) is 0 Å². The molecular weight excluding hydrogens is 188 g/mol. The van der Waals surface area contributed by atoms with Gasteiger partial charge in [-0.1, -0.05) is 27.7 Å². The van der Waals surface area contributed by atoms with Crippen LogP contribution in [-0.2, 0) is 17.8 Å². The van der Waals surface area contributed by atoms with Crippen molar-refractivity contribution in [2.45, 2.75) is 46.6 Å². The molecule has 0 spiro atoms. The molecule has 84 valence electrons. The second-order valence-corrected chi connectivity index (χ2v) is 3.64. The summed E-state index contributed by atoms with van der Waals surface area (Å²) in [7, 11) is 0. The van der Waals surface area contributed by atoms with E-state index in [0.717, 1.165) is 18.7 Å². The SMILES string of the molecule is CC.CC(C)c1ncnc2c1CCOC2. The zero-order chi connectivity index (χ0) is 11.3. The molecule has 1 aliphatic heterocycles. The van der Waals surface area contributed by atoms with Crippen molar-refractivity contribution in [1.29, 1.82) is 0 Å².